The second-order valence-corrected chi connectivity index (χ2v) is 18.4. The molecule has 0 aromatic heterocycles. The molecular weight excluding hydrogens is 283 g/mol. The summed E-state index contributed by atoms with van der Waals surface area (Å²) in [7, 11) is -6.17. The van der Waals surface area contributed by atoms with Gasteiger partial charge in [-0.15, -0.1) is 12.6 Å². The Balaban J connectivity index is 4.72. The maximum atomic E-state index is 11.8. The largest absolute Gasteiger partial charge is 0.138 e. The van der Waals surface area contributed by atoms with E-state index < -0.39 is 37.7 Å². The molecule has 0 aromatic carbocycles. The van der Waals surface area contributed by atoms with E-state index in [0.717, 1.165) is 0 Å². The Bertz CT molecular complexity index is 305. The summed E-state index contributed by atoms with van der Waals surface area (Å²) < 4.78 is 35.4. The number of rotatable bonds is 6. The molecule has 0 bridgehead atoms. The fourth-order valence-electron chi connectivity index (χ4n) is 1.43. The highest BCUT2D eigenvalue weighted by Gasteiger charge is 2.34. The van der Waals surface area contributed by atoms with Crippen molar-refractivity contribution in [2.45, 2.75) is 0 Å². The summed E-state index contributed by atoms with van der Waals surface area (Å²) in [6, 6.07) is 0. The van der Waals surface area contributed by atoms with Crippen LogP contribution in [0, 0.1) is 0 Å². The average molecular weight is 307 g/mol. The van der Waals surface area contributed by atoms with E-state index in [1.54, 1.807) is 37.5 Å². The first kappa shape index (κ1) is 16.9. The van der Waals surface area contributed by atoms with Gasteiger partial charge in [-0.3, -0.25) is 0 Å². The maximum Gasteiger partial charge on any atom is 0.138 e. The molecule has 0 unspecified atom stereocenters. The molecular formula is C9H24O3PS3+3. The highest BCUT2D eigenvalue weighted by Crippen LogP contribution is 2.42. The molecule has 16 heavy (non-hydrogen) atoms. The van der Waals surface area contributed by atoms with Crippen LogP contribution in [0.1, 0.15) is 0 Å². The van der Waals surface area contributed by atoms with E-state index in [4.69, 9.17) is 0 Å². The lowest BCUT2D eigenvalue weighted by Crippen LogP contribution is -2.21. The van der Waals surface area contributed by atoms with Crippen LogP contribution in [0.2, 0.25) is 0 Å². The molecule has 0 saturated carbocycles. The summed E-state index contributed by atoms with van der Waals surface area (Å²) in [5.74, 6) is 0. The molecule has 0 spiro atoms. The zero-order valence-electron chi connectivity index (χ0n) is 11.0. The second-order valence-electron chi connectivity index (χ2n) is 5.37. The van der Waals surface area contributed by atoms with Crippen LogP contribution < -0.4 is 0 Å². The van der Waals surface area contributed by atoms with Crippen LogP contribution in [0.3, 0.4) is 0 Å². The van der Waals surface area contributed by atoms with Crippen molar-refractivity contribution < 1.29 is 12.6 Å². The zero-order valence-corrected chi connectivity index (χ0v) is 14.4. The van der Waals surface area contributed by atoms with Crippen LogP contribution in [0.4, 0.5) is 0 Å². The monoisotopic (exact) mass is 307 g/mol. The number of hydrogen-bond acceptors (Lipinski definition) is 3. The van der Waals surface area contributed by atoms with Crippen LogP contribution in [0.5, 0.6) is 0 Å². The molecule has 0 rings (SSSR count). The van der Waals surface area contributed by atoms with Gasteiger partial charge in [-0.2, -0.15) is 0 Å². The Hall–Kier alpha value is 0.880. The Morgan fingerprint density at radius 1 is 0.625 bits per heavy atom. The van der Waals surface area contributed by atoms with Crippen molar-refractivity contribution in [3.8, 4) is 0 Å². The van der Waals surface area contributed by atoms with Gasteiger partial charge in [-0.25, -0.2) is 0 Å². The third kappa shape index (κ3) is 11.4. The van der Waals surface area contributed by atoms with Crippen molar-refractivity contribution in [3.63, 3.8) is 0 Å². The number of hydrogen-bond donors (Lipinski definition) is 0. The van der Waals surface area contributed by atoms with E-state index in [0.29, 0.717) is 16.5 Å². The fraction of sp³-hybridized carbons (Fsp3) is 1.00. The van der Waals surface area contributed by atoms with Gasteiger partial charge in [0.2, 0.25) is 0 Å². The van der Waals surface area contributed by atoms with Crippen LogP contribution >= 0.6 is 7.92 Å². The first-order chi connectivity index (χ1) is 6.79. The predicted molar refractivity (Wildman–Crippen MR) is 81.2 cm³/mol. The quantitative estimate of drug-likeness (QED) is 0.553. The summed E-state index contributed by atoms with van der Waals surface area (Å²) in [4.78, 5) is 0. The van der Waals surface area contributed by atoms with Crippen LogP contribution in [-0.4, -0.2) is 54.0 Å². The van der Waals surface area contributed by atoms with E-state index in [-0.39, 0.29) is 0 Å². The first-order valence-corrected chi connectivity index (χ1v) is 14.3. The Morgan fingerprint density at radius 2 is 0.812 bits per heavy atom. The minimum absolute atomic E-state index is 0.583. The molecule has 0 fully saturated rings. The fourth-order valence-corrected chi connectivity index (χ4v) is 14.9. The van der Waals surface area contributed by atoms with E-state index in [2.05, 4.69) is 0 Å². The van der Waals surface area contributed by atoms with Crippen molar-refractivity contribution in [1.82, 2.24) is 0 Å². The summed E-state index contributed by atoms with van der Waals surface area (Å²) in [5.41, 5.74) is 1.75. The van der Waals surface area contributed by atoms with E-state index in [9.17, 15) is 12.6 Å². The molecule has 0 heterocycles. The van der Waals surface area contributed by atoms with Crippen LogP contribution in [0.25, 0.3) is 0 Å². The van der Waals surface area contributed by atoms with Crippen molar-refractivity contribution >= 4 is 37.7 Å². The SMILES string of the molecule is C[S+](C)(=O)CP(C[S+](C)(C)=O)C[S+](C)(C)=O. The van der Waals surface area contributed by atoms with Gasteiger partial charge >= 0.3 is 0 Å². The molecule has 3 nitrogen and oxygen atoms in total. The second kappa shape index (κ2) is 5.68. The lowest BCUT2D eigenvalue weighted by Gasteiger charge is -2.14. The topological polar surface area (TPSA) is 51.2 Å². The summed E-state index contributed by atoms with van der Waals surface area (Å²) in [6.07, 6.45) is 10.3. The van der Waals surface area contributed by atoms with Gasteiger partial charge in [0.05, 0.1) is 29.8 Å². The van der Waals surface area contributed by atoms with E-state index in [1.807, 2.05) is 0 Å². The molecule has 98 valence electrons. The molecule has 0 saturated heterocycles. The Labute approximate surface area is 104 Å². The predicted octanol–water partition coefficient (Wildman–Crippen LogP) is 1.62. The molecule has 0 amide bonds. The van der Waals surface area contributed by atoms with Gasteiger partial charge in [-0.05, 0) is 0 Å². The van der Waals surface area contributed by atoms with Crippen molar-refractivity contribution in [1.29, 1.82) is 0 Å². The highest BCUT2D eigenvalue weighted by molar-refractivity contribution is 8.15. The highest BCUT2D eigenvalue weighted by atomic mass is 32.3. The molecule has 0 aromatic rings. The zero-order chi connectivity index (χ0) is 13.2. The Morgan fingerprint density at radius 3 is 0.938 bits per heavy atom. The molecule has 0 atom stereocenters. The molecule has 7 heteroatoms. The molecule has 0 aliphatic heterocycles. The molecule has 0 radical (unpaired) electrons. The third-order valence-electron chi connectivity index (χ3n) is 1.48. The molecule has 0 aliphatic rings. The molecule has 0 aliphatic carbocycles. The van der Waals surface area contributed by atoms with E-state index in [1.165, 1.54) is 0 Å². The smallest absolute Gasteiger partial charge is 0.106 e. The van der Waals surface area contributed by atoms with Crippen molar-refractivity contribution in [2.75, 3.05) is 54.0 Å². The standard InChI is InChI=1S/C9H24O3PS3/c1-14(2,10)7-13(8-15(3,4)11)9-16(5,6)12/h7-9H2,1-6H3/q+3. The lowest BCUT2D eigenvalue weighted by molar-refractivity contribution is 0.593. The summed E-state index contributed by atoms with van der Waals surface area (Å²) >= 11 is 0. The third-order valence-corrected chi connectivity index (χ3v) is 13.3. The Kier molecular flexibility index (Phi) is 5.99. The maximum absolute atomic E-state index is 11.8. The van der Waals surface area contributed by atoms with Gasteiger partial charge in [0.25, 0.3) is 0 Å². The normalized spacial score (nSPS) is 14.4. The van der Waals surface area contributed by atoms with Crippen LogP contribution in [0.15, 0.2) is 0 Å². The average Bonchev–Trinajstić information content (AvgIpc) is 1.70. The van der Waals surface area contributed by atoms with E-state index >= 15 is 0 Å². The van der Waals surface area contributed by atoms with Crippen molar-refractivity contribution in [2.24, 2.45) is 0 Å². The minimum atomic E-state index is -1.84. The van der Waals surface area contributed by atoms with Crippen molar-refractivity contribution in [3.05, 3.63) is 0 Å². The van der Waals surface area contributed by atoms with Crippen LogP contribution in [-0.2, 0) is 42.4 Å². The van der Waals surface area contributed by atoms with Gasteiger partial charge in [0.1, 0.15) is 54.0 Å². The van der Waals surface area contributed by atoms with Gasteiger partial charge in [0.15, 0.2) is 0 Å². The summed E-state index contributed by atoms with van der Waals surface area (Å²) in [6.45, 7) is 0. The summed E-state index contributed by atoms with van der Waals surface area (Å²) in [5, 5.41) is 0. The van der Waals surface area contributed by atoms with Gasteiger partial charge in [-0.1, -0.05) is 0 Å². The van der Waals surface area contributed by atoms with Gasteiger partial charge in [0, 0.05) is 7.92 Å². The first-order valence-electron chi connectivity index (χ1n) is 4.76. The minimum Gasteiger partial charge on any atom is -0.106 e. The van der Waals surface area contributed by atoms with Gasteiger partial charge < -0.3 is 0 Å². The lowest BCUT2D eigenvalue weighted by atomic mass is 11.8. The molecule has 0 N–H and O–H groups in total.